The molecule has 7 nitrogen and oxygen atoms in total. The summed E-state index contributed by atoms with van der Waals surface area (Å²) in [5.74, 6) is -0.935. The van der Waals surface area contributed by atoms with Gasteiger partial charge in [0.15, 0.2) is 5.65 Å². The number of likely N-dealkylation sites (tertiary alicyclic amines) is 1. The molecule has 2 aromatic heterocycles. The number of aromatic nitrogens is 3. The molecule has 0 aromatic carbocycles. The van der Waals surface area contributed by atoms with Gasteiger partial charge < -0.3 is 10.0 Å². The number of carbonyl (C=O) groups excluding carboxylic acids is 1. The van der Waals surface area contributed by atoms with Crippen LogP contribution < -0.4 is 0 Å². The van der Waals surface area contributed by atoms with Crippen molar-refractivity contribution in [3.8, 4) is 0 Å². The number of rotatable bonds is 3. The molecule has 4 rings (SSSR count). The van der Waals surface area contributed by atoms with Crippen LogP contribution >= 0.6 is 0 Å². The number of amides is 1. The maximum absolute atomic E-state index is 13.0. The van der Waals surface area contributed by atoms with Crippen molar-refractivity contribution < 1.29 is 14.7 Å². The predicted molar refractivity (Wildman–Crippen MR) is 96.0 cm³/mol. The van der Waals surface area contributed by atoms with Crippen molar-refractivity contribution in [1.29, 1.82) is 0 Å². The lowest BCUT2D eigenvalue weighted by Gasteiger charge is -2.33. The molecule has 1 atom stereocenters. The van der Waals surface area contributed by atoms with Gasteiger partial charge in [0.1, 0.15) is 0 Å². The number of carboxylic acid groups (broad SMARTS) is 1. The third-order valence-corrected chi connectivity index (χ3v) is 6.01. The molecule has 26 heavy (non-hydrogen) atoms. The van der Waals surface area contributed by atoms with Gasteiger partial charge in [-0.3, -0.25) is 9.59 Å². The van der Waals surface area contributed by atoms with Crippen molar-refractivity contribution in [1.82, 2.24) is 19.7 Å². The van der Waals surface area contributed by atoms with Gasteiger partial charge in [-0.25, -0.2) is 9.67 Å². The lowest BCUT2D eigenvalue weighted by Crippen LogP contribution is -2.40. The standard InChI is InChI=1S/C19H24N4O3/c1-11(2)23-16-13(10-20-23)8-14(12(3)21-16)17(24)22-6-4-19(5-7-22)9-15(19)18(25)26/h8,10-11,15H,4-7,9H2,1-3H3,(H,25,26). The second kappa shape index (κ2) is 5.79. The zero-order chi connectivity index (χ0) is 18.6. The zero-order valence-corrected chi connectivity index (χ0v) is 15.4. The molecule has 138 valence electrons. The van der Waals surface area contributed by atoms with Crippen LogP contribution in [0.2, 0.25) is 0 Å². The number of nitrogens with zero attached hydrogens (tertiary/aromatic N) is 4. The minimum atomic E-state index is -0.697. The number of aryl methyl sites for hydroxylation is 1. The van der Waals surface area contributed by atoms with E-state index in [9.17, 15) is 14.7 Å². The lowest BCUT2D eigenvalue weighted by atomic mass is 9.90. The van der Waals surface area contributed by atoms with Crippen LogP contribution in [0, 0.1) is 18.3 Å². The minimum Gasteiger partial charge on any atom is -0.481 e. The number of carbonyl (C=O) groups is 2. The normalized spacial score (nSPS) is 21.5. The van der Waals surface area contributed by atoms with Crippen molar-refractivity contribution in [2.45, 2.75) is 46.1 Å². The fraction of sp³-hybridized carbons (Fsp3) is 0.579. The van der Waals surface area contributed by atoms with Crippen molar-refractivity contribution in [2.24, 2.45) is 11.3 Å². The number of fused-ring (bicyclic) bond motifs is 1. The quantitative estimate of drug-likeness (QED) is 0.913. The van der Waals surface area contributed by atoms with E-state index in [0.717, 1.165) is 30.3 Å². The Morgan fingerprint density at radius 1 is 1.31 bits per heavy atom. The first-order valence-electron chi connectivity index (χ1n) is 9.19. The molecule has 1 N–H and O–H groups in total. The smallest absolute Gasteiger partial charge is 0.307 e. The van der Waals surface area contributed by atoms with Gasteiger partial charge in [0.05, 0.1) is 23.4 Å². The Kier molecular flexibility index (Phi) is 3.78. The Labute approximate surface area is 152 Å². The molecule has 1 spiro atoms. The Morgan fingerprint density at radius 2 is 2.00 bits per heavy atom. The summed E-state index contributed by atoms with van der Waals surface area (Å²) in [6.07, 6.45) is 4.06. The number of carboxylic acids is 1. The largest absolute Gasteiger partial charge is 0.481 e. The highest BCUT2D eigenvalue weighted by molar-refractivity contribution is 5.98. The van der Waals surface area contributed by atoms with Crippen molar-refractivity contribution >= 4 is 22.9 Å². The lowest BCUT2D eigenvalue weighted by molar-refractivity contribution is -0.139. The summed E-state index contributed by atoms with van der Waals surface area (Å²) in [7, 11) is 0. The molecule has 1 amide bonds. The Balaban J connectivity index is 1.54. The SMILES string of the molecule is Cc1nc2c(cnn2C(C)C)cc1C(=O)N1CCC2(CC1)CC2C(=O)O. The van der Waals surface area contributed by atoms with Gasteiger partial charge in [0.2, 0.25) is 0 Å². The molecule has 2 aromatic rings. The molecule has 1 aliphatic heterocycles. The van der Waals surface area contributed by atoms with E-state index in [4.69, 9.17) is 0 Å². The fourth-order valence-corrected chi connectivity index (χ4v) is 4.24. The van der Waals surface area contributed by atoms with Gasteiger partial charge in [-0.1, -0.05) is 0 Å². The summed E-state index contributed by atoms with van der Waals surface area (Å²) >= 11 is 0. The average molecular weight is 356 g/mol. The first-order valence-corrected chi connectivity index (χ1v) is 9.19. The van der Waals surface area contributed by atoms with E-state index in [1.807, 2.05) is 36.4 Å². The second-order valence-corrected chi connectivity index (χ2v) is 7.97. The summed E-state index contributed by atoms with van der Waals surface area (Å²) in [5, 5.41) is 14.4. The maximum atomic E-state index is 13.0. The highest BCUT2D eigenvalue weighted by Crippen LogP contribution is 2.59. The van der Waals surface area contributed by atoms with E-state index in [2.05, 4.69) is 10.1 Å². The maximum Gasteiger partial charge on any atom is 0.307 e. The van der Waals surface area contributed by atoms with Crippen LogP contribution in [0.5, 0.6) is 0 Å². The fourth-order valence-electron chi connectivity index (χ4n) is 4.24. The van der Waals surface area contributed by atoms with Gasteiger partial charge in [-0.2, -0.15) is 5.10 Å². The molecule has 1 saturated heterocycles. The third kappa shape index (κ3) is 2.57. The minimum absolute atomic E-state index is 0.0171. The van der Waals surface area contributed by atoms with E-state index in [-0.39, 0.29) is 23.3 Å². The van der Waals surface area contributed by atoms with Gasteiger partial charge in [-0.05, 0) is 51.5 Å². The van der Waals surface area contributed by atoms with Crippen LogP contribution in [0.4, 0.5) is 0 Å². The second-order valence-electron chi connectivity index (χ2n) is 7.97. The molecule has 0 bridgehead atoms. The molecule has 1 saturated carbocycles. The van der Waals surface area contributed by atoms with Crippen LogP contribution in [-0.4, -0.2) is 49.7 Å². The number of hydrogen-bond donors (Lipinski definition) is 1. The number of hydrogen-bond acceptors (Lipinski definition) is 4. The molecule has 1 unspecified atom stereocenters. The highest BCUT2D eigenvalue weighted by atomic mass is 16.4. The summed E-state index contributed by atoms with van der Waals surface area (Å²) in [5.41, 5.74) is 2.05. The van der Waals surface area contributed by atoms with Crippen LogP contribution in [0.3, 0.4) is 0 Å². The van der Waals surface area contributed by atoms with Crippen molar-refractivity contribution in [3.05, 3.63) is 23.5 Å². The van der Waals surface area contributed by atoms with Crippen LogP contribution in [0.15, 0.2) is 12.3 Å². The van der Waals surface area contributed by atoms with E-state index in [0.29, 0.717) is 24.3 Å². The van der Waals surface area contributed by atoms with Crippen LogP contribution in [0.25, 0.3) is 11.0 Å². The van der Waals surface area contributed by atoms with Crippen molar-refractivity contribution in [3.63, 3.8) is 0 Å². The summed E-state index contributed by atoms with van der Waals surface area (Å²) in [4.78, 5) is 30.7. The summed E-state index contributed by atoms with van der Waals surface area (Å²) < 4.78 is 1.86. The molecule has 1 aliphatic carbocycles. The van der Waals surface area contributed by atoms with E-state index in [1.165, 1.54) is 0 Å². The third-order valence-electron chi connectivity index (χ3n) is 6.01. The van der Waals surface area contributed by atoms with Gasteiger partial charge in [0, 0.05) is 24.5 Å². The molecular weight excluding hydrogens is 332 g/mol. The molecular formula is C19H24N4O3. The Morgan fingerprint density at radius 3 is 2.58 bits per heavy atom. The molecule has 3 heterocycles. The topological polar surface area (TPSA) is 88.3 Å². The Hall–Kier alpha value is -2.44. The summed E-state index contributed by atoms with van der Waals surface area (Å²) in [6, 6.07) is 2.09. The predicted octanol–water partition coefficient (Wildman–Crippen LogP) is 2.65. The van der Waals surface area contributed by atoms with Crippen LogP contribution in [-0.2, 0) is 4.79 Å². The van der Waals surface area contributed by atoms with Crippen LogP contribution in [0.1, 0.15) is 55.2 Å². The van der Waals surface area contributed by atoms with E-state index >= 15 is 0 Å². The average Bonchev–Trinajstić information content (AvgIpc) is 3.14. The van der Waals surface area contributed by atoms with E-state index in [1.54, 1.807) is 6.20 Å². The first-order chi connectivity index (χ1) is 12.3. The molecule has 0 radical (unpaired) electrons. The van der Waals surface area contributed by atoms with E-state index < -0.39 is 5.97 Å². The molecule has 2 aliphatic rings. The number of piperidine rings is 1. The summed E-state index contributed by atoms with van der Waals surface area (Å²) in [6.45, 7) is 7.19. The van der Waals surface area contributed by atoms with Gasteiger partial charge >= 0.3 is 5.97 Å². The zero-order valence-electron chi connectivity index (χ0n) is 15.4. The Bertz CT molecular complexity index is 894. The monoisotopic (exact) mass is 356 g/mol. The highest BCUT2D eigenvalue weighted by Gasteiger charge is 2.59. The molecule has 7 heteroatoms. The van der Waals surface area contributed by atoms with Gasteiger partial charge in [0.25, 0.3) is 5.91 Å². The van der Waals surface area contributed by atoms with Crippen molar-refractivity contribution in [2.75, 3.05) is 13.1 Å². The first kappa shape index (κ1) is 17.0. The molecule has 2 fully saturated rings. The number of pyridine rings is 1. The van der Waals surface area contributed by atoms with Gasteiger partial charge in [-0.15, -0.1) is 0 Å². The number of aliphatic carboxylic acids is 1.